The summed E-state index contributed by atoms with van der Waals surface area (Å²) in [6.07, 6.45) is 3.67. The number of carbonyl (C=O) groups excluding carboxylic acids is 1. The van der Waals surface area contributed by atoms with Crippen LogP contribution in [0.15, 0.2) is 24.4 Å². The largest absolute Gasteiger partial charge is 0.337 e. The monoisotopic (exact) mass is 261 g/mol. The van der Waals surface area contributed by atoms with E-state index in [4.69, 9.17) is 0 Å². The van der Waals surface area contributed by atoms with Gasteiger partial charge in [-0.3, -0.25) is 9.78 Å². The second kappa shape index (κ2) is 6.66. The van der Waals surface area contributed by atoms with Gasteiger partial charge in [0.1, 0.15) is 0 Å². The van der Waals surface area contributed by atoms with Crippen molar-refractivity contribution in [3.8, 4) is 0 Å². The number of pyridine rings is 1. The molecule has 2 rings (SSSR count). The van der Waals surface area contributed by atoms with E-state index in [1.54, 1.807) is 6.20 Å². The molecular formula is C15H23N3O. The van der Waals surface area contributed by atoms with Gasteiger partial charge in [-0.15, -0.1) is 0 Å². The molecule has 19 heavy (non-hydrogen) atoms. The molecule has 0 aromatic carbocycles. The third-order valence-electron chi connectivity index (χ3n) is 3.75. The maximum atomic E-state index is 12.5. The predicted molar refractivity (Wildman–Crippen MR) is 75.5 cm³/mol. The molecule has 1 fully saturated rings. The fourth-order valence-corrected chi connectivity index (χ4v) is 2.65. The fraction of sp³-hybridized carbons (Fsp3) is 0.600. The van der Waals surface area contributed by atoms with Crippen LogP contribution < -0.4 is 5.32 Å². The summed E-state index contributed by atoms with van der Waals surface area (Å²) in [6, 6.07) is 6.28. The molecule has 1 aliphatic heterocycles. The highest BCUT2D eigenvalue weighted by Gasteiger charge is 2.27. The van der Waals surface area contributed by atoms with Gasteiger partial charge in [-0.2, -0.15) is 0 Å². The van der Waals surface area contributed by atoms with Crippen molar-refractivity contribution in [2.75, 3.05) is 13.1 Å². The first-order valence-corrected chi connectivity index (χ1v) is 7.12. The zero-order valence-corrected chi connectivity index (χ0v) is 11.8. The Bertz CT molecular complexity index is 407. The van der Waals surface area contributed by atoms with Crippen LogP contribution in [0.5, 0.6) is 0 Å². The molecule has 2 heterocycles. The average Bonchev–Trinajstić information content (AvgIpc) is 2.45. The summed E-state index contributed by atoms with van der Waals surface area (Å²) < 4.78 is 0. The van der Waals surface area contributed by atoms with Crippen molar-refractivity contribution in [3.05, 3.63) is 30.1 Å². The van der Waals surface area contributed by atoms with Gasteiger partial charge in [-0.05, 0) is 45.4 Å². The Labute approximate surface area is 115 Å². The first-order valence-electron chi connectivity index (χ1n) is 7.12. The molecule has 1 aliphatic rings. The van der Waals surface area contributed by atoms with E-state index in [1.807, 2.05) is 30.0 Å². The minimum absolute atomic E-state index is 0.167. The van der Waals surface area contributed by atoms with Crippen molar-refractivity contribution >= 4 is 5.91 Å². The van der Waals surface area contributed by atoms with Crippen LogP contribution in [0, 0.1) is 5.92 Å². The molecule has 104 valence electrons. The van der Waals surface area contributed by atoms with Crippen molar-refractivity contribution < 1.29 is 4.79 Å². The van der Waals surface area contributed by atoms with Crippen LogP contribution in [-0.2, 0) is 11.3 Å². The quantitative estimate of drug-likeness (QED) is 0.899. The zero-order chi connectivity index (χ0) is 13.7. The summed E-state index contributed by atoms with van der Waals surface area (Å²) in [5.74, 6) is 0.446. The van der Waals surface area contributed by atoms with Crippen molar-refractivity contribution in [1.29, 1.82) is 0 Å². The van der Waals surface area contributed by atoms with E-state index in [2.05, 4.69) is 17.2 Å². The molecule has 1 aromatic heterocycles. The summed E-state index contributed by atoms with van der Waals surface area (Å²) >= 11 is 0. The first kappa shape index (κ1) is 14.0. The first-order chi connectivity index (χ1) is 9.20. The van der Waals surface area contributed by atoms with Crippen molar-refractivity contribution in [1.82, 2.24) is 15.2 Å². The third-order valence-corrected chi connectivity index (χ3v) is 3.75. The Kier molecular flexibility index (Phi) is 4.91. The molecule has 2 unspecified atom stereocenters. The second-order valence-corrected chi connectivity index (χ2v) is 5.25. The van der Waals surface area contributed by atoms with Gasteiger partial charge in [-0.1, -0.05) is 6.07 Å². The van der Waals surface area contributed by atoms with Gasteiger partial charge in [0.25, 0.3) is 0 Å². The van der Waals surface area contributed by atoms with Gasteiger partial charge in [0.2, 0.25) is 5.91 Å². The molecule has 1 aromatic rings. The summed E-state index contributed by atoms with van der Waals surface area (Å²) in [4.78, 5) is 18.8. The van der Waals surface area contributed by atoms with E-state index in [0.717, 1.165) is 31.6 Å². The lowest BCUT2D eigenvalue weighted by Gasteiger charge is -2.31. The van der Waals surface area contributed by atoms with E-state index >= 15 is 0 Å². The molecular weight excluding hydrogens is 238 g/mol. The Hall–Kier alpha value is -1.42. The number of nitrogens with one attached hydrogen (secondary N) is 1. The maximum Gasteiger partial charge on any atom is 0.226 e. The number of hydrogen-bond donors (Lipinski definition) is 1. The lowest BCUT2D eigenvalue weighted by atomic mass is 9.92. The van der Waals surface area contributed by atoms with E-state index in [1.165, 1.54) is 0 Å². The van der Waals surface area contributed by atoms with Crippen LogP contribution in [0.2, 0.25) is 0 Å². The van der Waals surface area contributed by atoms with Crippen LogP contribution >= 0.6 is 0 Å². The Morgan fingerprint density at radius 1 is 1.53 bits per heavy atom. The van der Waals surface area contributed by atoms with Crippen molar-refractivity contribution in [2.24, 2.45) is 5.92 Å². The molecule has 0 radical (unpaired) electrons. The molecule has 1 saturated heterocycles. The second-order valence-electron chi connectivity index (χ2n) is 5.25. The third kappa shape index (κ3) is 3.77. The number of rotatable bonds is 4. The molecule has 0 aliphatic carbocycles. The van der Waals surface area contributed by atoms with Crippen LogP contribution in [0.4, 0.5) is 0 Å². The van der Waals surface area contributed by atoms with Crippen LogP contribution in [0.1, 0.15) is 32.4 Å². The van der Waals surface area contributed by atoms with Gasteiger partial charge in [0.15, 0.2) is 0 Å². The number of carbonyl (C=O) groups is 1. The fourth-order valence-electron chi connectivity index (χ4n) is 2.65. The lowest BCUT2D eigenvalue weighted by Crippen LogP contribution is -2.44. The molecule has 1 amide bonds. The predicted octanol–water partition coefficient (Wildman–Crippen LogP) is 1.82. The minimum atomic E-state index is 0.167. The molecule has 4 nitrogen and oxygen atoms in total. The highest BCUT2D eigenvalue weighted by molar-refractivity contribution is 5.79. The van der Waals surface area contributed by atoms with Crippen LogP contribution in [0.25, 0.3) is 0 Å². The molecule has 0 saturated carbocycles. The summed E-state index contributed by atoms with van der Waals surface area (Å²) in [5.41, 5.74) is 0.958. The molecule has 4 heteroatoms. The summed E-state index contributed by atoms with van der Waals surface area (Å²) in [5, 5.41) is 3.39. The normalized spacial score (nSPS) is 23.1. The Balaban J connectivity index is 1.98. The molecule has 0 bridgehead atoms. The van der Waals surface area contributed by atoms with E-state index in [-0.39, 0.29) is 11.8 Å². The number of aromatic nitrogens is 1. The molecule has 1 N–H and O–H groups in total. The van der Waals surface area contributed by atoms with Gasteiger partial charge < -0.3 is 10.2 Å². The highest BCUT2D eigenvalue weighted by Crippen LogP contribution is 2.19. The van der Waals surface area contributed by atoms with Gasteiger partial charge in [0.05, 0.1) is 12.2 Å². The van der Waals surface area contributed by atoms with Crippen molar-refractivity contribution in [3.63, 3.8) is 0 Å². The van der Waals surface area contributed by atoms with Crippen LogP contribution in [0.3, 0.4) is 0 Å². The topological polar surface area (TPSA) is 45.2 Å². The van der Waals surface area contributed by atoms with Crippen molar-refractivity contribution in [2.45, 2.75) is 39.3 Å². The number of amides is 1. The number of hydrogen-bond acceptors (Lipinski definition) is 3. The van der Waals surface area contributed by atoms with E-state index in [9.17, 15) is 4.79 Å². The molecule has 2 atom stereocenters. The Morgan fingerprint density at radius 2 is 2.37 bits per heavy atom. The lowest BCUT2D eigenvalue weighted by molar-refractivity contribution is -0.137. The van der Waals surface area contributed by atoms with Gasteiger partial charge in [0, 0.05) is 24.7 Å². The standard InChI is InChI=1S/C15H23N3O/c1-3-18(11-14-6-4-5-8-17-14)15(19)13-7-9-16-12(2)10-13/h4-6,8,12-13,16H,3,7,9-11H2,1-2H3. The zero-order valence-electron chi connectivity index (χ0n) is 11.8. The minimum Gasteiger partial charge on any atom is -0.337 e. The Morgan fingerprint density at radius 3 is 3.00 bits per heavy atom. The summed E-state index contributed by atoms with van der Waals surface area (Å²) in [7, 11) is 0. The molecule has 0 spiro atoms. The van der Waals surface area contributed by atoms with Crippen LogP contribution in [-0.4, -0.2) is 34.9 Å². The van der Waals surface area contributed by atoms with E-state index in [0.29, 0.717) is 12.6 Å². The smallest absolute Gasteiger partial charge is 0.226 e. The number of piperidine rings is 1. The summed E-state index contributed by atoms with van der Waals surface area (Å²) in [6.45, 7) is 6.49. The maximum absolute atomic E-state index is 12.5. The SMILES string of the molecule is CCN(Cc1ccccn1)C(=O)C1CCNC(C)C1. The van der Waals surface area contributed by atoms with Gasteiger partial charge >= 0.3 is 0 Å². The average molecular weight is 261 g/mol. The van der Waals surface area contributed by atoms with Gasteiger partial charge in [-0.25, -0.2) is 0 Å². The number of nitrogens with zero attached hydrogens (tertiary/aromatic N) is 2. The highest BCUT2D eigenvalue weighted by atomic mass is 16.2. The van der Waals surface area contributed by atoms with E-state index < -0.39 is 0 Å².